The summed E-state index contributed by atoms with van der Waals surface area (Å²) >= 11 is 0. The molecule has 0 saturated heterocycles. The molecule has 2 aromatic heterocycles. The third-order valence-corrected chi connectivity index (χ3v) is 4.64. The predicted octanol–water partition coefficient (Wildman–Crippen LogP) is 4.16. The molecule has 0 aliphatic heterocycles. The maximum atomic E-state index is 12.7. The molecule has 0 unspecified atom stereocenters. The molecule has 0 aliphatic carbocycles. The van der Waals surface area contributed by atoms with E-state index in [0.29, 0.717) is 22.4 Å². The molecule has 1 amide bonds. The number of carbonyl (C=O) groups is 1. The molecule has 28 heavy (non-hydrogen) atoms. The molecule has 0 bridgehead atoms. The van der Waals surface area contributed by atoms with Crippen LogP contribution >= 0.6 is 0 Å². The molecule has 0 spiro atoms. The maximum Gasteiger partial charge on any atom is 0.291 e. The largest absolute Gasteiger partial charge is 0.451 e. The van der Waals surface area contributed by atoms with Crippen LogP contribution in [0.2, 0.25) is 0 Å². The van der Waals surface area contributed by atoms with Gasteiger partial charge in [0, 0.05) is 6.07 Å². The topological polar surface area (TPSA) is 77.1 Å². The molecule has 0 radical (unpaired) electrons. The highest BCUT2D eigenvalue weighted by molar-refractivity contribution is 6.03. The minimum Gasteiger partial charge on any atom is -0.451 e. The number of rotatable bonds is 3. The van der Waals surface area contributed by atoms with Crippen LogP contribution in [0, 0.1) is 20.8 Å². The first-order chi connectivity index (χ1) is 13.4. The van der Waals surface area contributed by atoms with Crippen LogP contribution in [0.25, 0.3) is 16.7 Å². The van der Waals surface area contributed by atoms with Gasteiger partial charge >= 0.3 is 0 Å². The number of nitrogens with one attached hydrogen (secondary N) is 1. The molecule has 140 valence electrons. The second-order valence-electron chi connectivity index (χ2n) is 6.72. The van der Waals surface area contributed by atoms with E-state index in [1.54, 1.807) is 16.8 Å². The van der Waals surface area contributed by atoms with Gasteiger partial charge in [-0.15, -0.1) is 0 Å². The summed E-state index contributed by atoms with van der Waals surface area (Å²) in [6, 6.07) is 16.2. The lowest BCUT2D eigenvalue weighted by Crippen LogP contribution is -2.16. The fraction of sp³-hybridized carbons (Fsp3) is 0.136. The van der Waals surface area contributed by atoms with Crippen LogP contribution in [0.5, 0.6) is 0 Å². The highest BCUT2D eigenvalue weighted by Gasteiger charge is 2.18. The highest BCUT2D eigenvalue weighted by Crippen LogP contribution is 2.24. The van der Waals surface area contributed by atoms with Crippen LogP contribution in [0.1, 0.15) is 27.5 Å². The minimum absolute atomic E-state index is 0.0346. The number of hydrogen-bond donors (Lipinski definition) is 1. The molecule has 0 saturated carbocycles. The van der Waals surface area contributed by atoms with Gasteiger partial charge in [-0.05, 0) is 45.0 Å². The summed E-state index contributed by atoms with van der Waals surface area (Å²) in [5.41, 5.74) is 4.05. The van der Waals surface area contributed by atoms with Gasteiger partial charge in [-0.3, -0.25) is 9.59 Å². The molecular weight excluding hydrogens is 354 g/mol. The Hall–Kier alpha value is -3.67. The second kappa shape index (κ2) is 6.81. The number of benzene rings is 2. The first-order valence-corrected chi connectivity index (χ1v) is 8.91. The highest BCUT2D eigenvalue weighted by atomic mass is 16.3. The van der Waals surface area contributed by atoms with E-state index in [2.05, 4.69) is 10.4 Å². The quantitative estimate of drug-likeness (QED) is 0.585. The van der Waals surface area contributed by atoms with E-state index in [1.165, 1.54) is 6.07 Å². The number of amides is 1. The van der Waals surface area contributed by atoms with E-state index in [0.717, 1.165) is 16.9 Å². The lowest BCUT2D eigenvalue weighted by molar-refractivity contribution is 0.0997. The third kappa shape index (κ3) is 3.09. The zero-order valence-corrected chi connectivity index (χ0v) is 15.8. The standard InChI is InChI=1S/C22H19N3O3/c1-13-9-10-19-17(11-13)18(26)12-20(28-19)22(27)23-21-14(2)24-25(15(21)3)16-7-5-4-6-8-16/h4-12H,1-3H3,(H,23,27). The summed E-state index contributed by atoms with van der Waals surface area (Å²) in [5, 5.41) is 7.81. The zero-order valence-electron chi connectivity index (χ0n) is 15.8. The van der Waals surface area contributed by atoms with Gasteiger partial charge in [-0.25, -0.2) is 4.68 Å². The smallest absolute Gasteiger partial charge is 0.291 e. The van der Waals surface area contributed by atoms with E-state index in [4.69, 9.17) is 4.42 Å². The second-order valence-corrected chi connectivity index (χ2v) is 6.72. The fourth-order valence-electron chi connectivity index (χ4n) is 3.20. The number of aryl methyl sites for hydroxylation is 2. The molecule has 0 atom stereocenters. The minimum atomic E-state index is -0.488. The third-order valence-electron chi connectivity index (χ3n) is 4.64. The summed E-state index contributed by atoms with van der Waals surface area (Å²) in [4.78, 5) is 25.1. The van der Waals surface area contributed by atoms with Crippen molar-refractivity contribution in [2.75, 3.05) is 5.32 Å². The van der Waals surface area contributed by atoms with Crippen molar-refractivity contribution >= 4 is 22.6 Å². The van der Waals surface area contributed by atoms with Crippen molar-refractivity contribution in [3.05, 3.63) is 87.5 Å². The van der Waals surface area contributed by atoms with Crippen molar-refractivity contribution < 1.29 is 9.21 Å². The summed E-state index contributed by atoms with van der Waals surface area (Å²) in [6.45, 7) is 5.60. The zero-order chi connectivity index (χ0) is 19.8. The molecular formula is C22H19N3O3. The Kier molecular flexibility index (Phi) is 4.31. The maximum absolute atomic E-state index is 12.7. The number of aromatic nitrogens is 2. The van der Waals surface area contributed by atoms with Crippen molar-refractivity contribution in [3.63, 3.8) is 0 Å². The Morgan fingerprint density at radius 1 is 1.04 bits per heavy atom. The van der Waals surface area contributed by atoms with Crippen LogP contribution in [0.15, 0.2) is 63.8 Å². The Bertz CT molecular complexity index is 1250. The molecule has 4 rings (SSSR count). The Morgan fingerprint density at radius 3 is 2.54 bits per heavy atom. The summed E-state index contributed by atoms with van der Waals surface area (Å²) in [6.07, 6.45) is 0. The average Bonchev–Trinajstić information content (AvgIpc) is 2.97. The van der Waals surface area contributed by atoms with Crippen LogP contribution in [-0.4, -0.2) is 15.7 Å². The number of carbonyl (C=O) groups excluding carboxylic acids is 1. The number of fused-ring (bicyclic) bond motifs is 1. The van der Waals surface area contributed by atoms with Gasteiger partial charge in [0.25, 0.3) is 5.91 Å². The average molecular weight is 373 g/mol. The number of hydrogen-bond acceptors (Lipinski definition) is 4. The number of para-hydroxylation sites is 1. The van der Waals surface area contributed by atoms with Gasteiger partial charge in [0.1, 0.15) is 5.58 Å². The van der Waals surface area contributed by atoms with E-state index >= 15 is 0 Å². The molecule has 2 heterocycles. The van der Waals surface area contributed by atoms with E-state index in [-0.39, 0.29) is 11.2 Å². The van der Waals surface area contributed by atoms with E-state index < -0.39 is 5.91 Å². The van der Waals surface area contributed by atoms with Gasteiger partial charge < -0.3 is 9.73 Å². The van der Waals surface area contributed by atoms with E-state index in [1.807, 2.05) is 57.2 Å². The first kappa shape index (κ1) is 17.7. The molecule has 0 aliphatic rings. The monoisotopic (exact) mass is 373 g/mol. The van der Waals surface area contributed by atoms with Gasteiger partial charge in [-0.1, -0.05) is 29.8 Å². The van der Waals surface area contributed by atoms with Crippen LogP contribution in [0.3, 0.4) is 0 Å². The fourth-order valence-corrected chi connectivity index (χ4v) is 3.20. The Balaban J connectivity index is 1.70. The van der Waals surface area contributed by atoms with Gasteiger partial charge in [-0.2, -0.15) is 5.10 Å². The molecule has 2 aromatic carbocycles. The van der Waals surface area contributed by atoms with Gasteiger partial charge in [0.05, 0.1) is 28.1 Å². The van der Waals surface area contributed by atoms with Crippen molar-refractivity contribution in [1.29, 1.82) is 0 Å². The Morgan fingerprint density at radius 2 is 1.79 bits per heavy atom. The summed E-state index contributed by atoms with van der Waals surface area (Å²) in [7, 11) is 0. The van der Waals surface area contributed by atoms with Crippen LogP contribution < -0.4 is 10.7 Å². The van der Waals surface area contributed by atoms with Crippen molar-refractivity contribution in [3.8, 4) is 5.69 Å². The first-order valence-electron chi connectivity index (χ1n) is 8.91. The number of anilines is 1. The predicted molar refractivity (Wildman–Crippen MR) is 108 cm³/mol. The lowest BCUT2D eigenvalue weighted by atomic mass is 10.1. The Labute approximate surface area is 161 Å². The van der Waals surface area contributed by atoms with Gasteiger partial charge in [0.2, 0.25) is 0 Å². The molecule has 4 aromatic rings. The van der Waals surface area contributed by atoms with Crippen molar-refractivity contribution in [2.24, 2.45) is 0 Å². The van der Waals surface area contributed by atoms with Crippen molar-refractivity contribution in [2.45, 2.75) is 20.8 Å². The lowest BCUT2D eigenvalue weighted by Gasteiger charge is -2.07. The molecule has 0 fully saturated rings. The van der Waals surface area contributed by atoms with Crippen molar-refractivity contribution in [1.82, 2.24) is 9.78 Å². The molecule has 1 N–H and O–H groups in total. The SMILES string of the molecule is Cc1ccc2oc(C(=O)Nc3c(C)nn(-c4ccccc4)c3C)cc(=O)c2c1. The van der Waals surface area contributed by atoms with Crippen LogP contribution in [0.4, 0.5) is 5.69 Å². The number of nitrogens with zero attached hydrogens (tertiary/aromatic N) is 2. The van der Waals surface area contributed by atoms with Crippen LogP contribution in [-0.2, 0) is 0 Å². The molecule has 6 heteroatoms. The normalized spacial score (nSPS) is 11.0. The summed E-state index contributed by atoms with van der Waals surface area (Å²) in [5.74, 6) is -0.522. The summed E-state index contributed by atoms with van der Waals surface area (Å²) < 4.78 is 7.43. The molecule has 6 nitrogen and oxygen atoms in total. The van der Waals surface area contributed by atoms with Gasteiger partial charge in [0.15, 0.2) is 11.2 Å². The van der Waals surface area contributed by atoms with E-state index in [9.17, 15) is 9.59 Å².